The summed E-state index contributed by atoms with van der Waals surface area (Å²) in [5, 5.41) is 11.8. The third kappa shape index (κ3) is 4.21. The molecule has 0 radical (unpaired) electrons. The van der Waals surface area contributed by atoms with Crippen molar-refractivity contribution in [1.29, 1.82) is 0 Å². The van der Waals surface area contributed by atoms with Gasteiger partial charge in [0.25, 0.3) is 5.91 Å². The van der Waals surface area contributed by atoms with Gasteiger partial charge < -0.3 is 15.2 Å². The molecule has 104 valence electrons. The molecule has 1 heterocycles. The predicted octanol–water partition coefficient (Wildman–Crippen LogP) is 1.51. The topological polar surface area (TPSA) is 71.5 Å². The van der Waals surface area contributed by atoms with Crippen LogP contribution in [0.15, 0.2) is 18.3 Å². The van der Waals surface area contributed by atoms with E-state index in [1.165, 1.54) is 12.8 Å². The van der Waals surface area contributed by atoms with Crippen molar-refractivity contribution in [2.45, 2.75) is 44.8 Å². The smallest absolute Gasteiger partial charge is 0.251 e. The molecule has 0 aliphatic heterocycles. The molecule has 5 heteroatoms. The first kappa shape index (κ1) is 13.8. The minimum Gasteiger partial charge on any atom is -0.474 e. The summed E-state index contributed by atoms with van der Waals surface area (Å²) in [7, 11) is 0. The molecule has 5 nitrogen and oxygen atoms in total. The number of carbonyl (C=O) groups excluding carboxylic acids is 1. The number of aliphatic hydroxyl groups excluding tert-OH is 1. The van der Waals surface area contributed by atoms with Gasteiger partial charge >= 0.3 is 0 Å². The summed E-state index contributed by atoms with van der Waals surface area (Å²) < 4.78 is 5.75. The molecule has 1 aromatic heterocycles. The first-order chi connectivity index (χ1) is 9.15. The van der Waals surface area contributed by atoms with Crippen LogP contribution in [0.2, 0.25) is 0 Å². The average Bonchev–Trinajstić information content (AvgIpc) is 2.89. The Bertz CT molecular complexity index is 428. The molecule has 0 spiro atoms. The van der Waals surface area contributed by atoms with Gasteiger partial charge in [-0.2, -0.15) is 0 Å². The molecule has 1 saturated carbocycles. The number of hydrogen-bond acceptors (Lipinski definition) is 4. The molecule has 0 aromatic carbocycles. The molecule has 1 aliphatic rings. The van der Waals surface area contributed by atoms with E-state index in [2.05, 4.69) is 10.3 Å². The zero-order valence-corrected chi connectivity index (χ0v) is 11.1. The maximum absolute atomic E-state index is 11.8. The van der Waals surface area contributed by atoms with Crippen molar-refractivity contribution < 1.29 is 14.6 Å². The fourth-order valence-corrected chi connectivity index (χ4v) is 2.13. The Morgan fingerprint density at radius 1 is 1.58 bits per heavy atom. The van der Waals surface area contributed by atoms with Crippen molar-refractivity contribution in [3.8, 4) is 5.88 Å². The van der Waals surface area contributed by atoms with Gasteiger partial charge in [-0.3, -0.25) is 4.79 Å². The van der Waals surface area contributed by atoms with Gasteiger partial charge in [0.15, 0.2) is 0 Å². The molecule has 0 saturated heterocycles. The zero-order chi connectivity index (χ0) is 13.7. The van der Waals surface area contributed by atoms with Crippen LogP contribution in [0.1, 0.15) is 43.0 Å². The lowest BCUT2D eigenvalue weighted by Gasteiger charge is -2.13. The third-order valence-electron chi connectivity index (χ3n) is 3.14. The van der Waals surface area contributed by atoms with Crippen LogP contribution in [-0.2, 0) is 0 Å². The van der Waals surface area contributed by atoms with E-state index in [4.69, 9.17) is 9.84 Å². The number of hydrogen-bond donors (Lipinski definition) is 2. The summed E-state index contributed by atoms with van der Waals surface area (Å²) in [5.41, 5.74) is 0.503. The largest absolute Gasteiger partial charge is 0.474 e. The fraction of sp³-hybridized carbons (Fsp3) is 0.571. The summed E-state index contributed by atoms with van der Waals surface area (Å²) in [6.45, 7) is 1.86. The SMILES string of the molecule is C[C@H](O)CNC(=O)c1ccnc(OC2CCCC2)c1. The lowest BCUT2D eigenvalue weighted by atomic mass is 10.2. The van der Waals surface area contributed by atoms with Crippen LogP contribution in [0.5, 0.6) is 5.88 Å². The lowest BCUT2D eigenvalue weighted by Crippen LogP contribution is -2.30. The van der Waals surface area contributed by atoms with Gasteiger partial charge in [-0.1, -0.05) is 0 Å². The highest BCUT2D eigenvalue weighted by molar-refractivity contribution is 5.94. The molecule has 1 atom stereocenters. The Labute approximate surface area is 113 Å². The molecule has 1 fully saturated rings. The van der Waals surface area contributed by atoms with E-state index in [0.29, 0.717) is 11.4 Å². The molecule has 1 aliphatic carbocycles. The summed E-state index contributed by atoms with van der Waals surface area (Å²) in [6.07, 6.45) is 5.74. The Morgan fingerprint density at radius 2 is 2.32 bits per heavy atom. The molecule has 1 aromatic rings. The Morgan fingerprint density at radius 3 is 3.00 bits per heavy atom. The highest BCUT2D eigenvalue weighted by Gasteiger charge is 2.17. The molecule has 2 N–H and O–H groups in total. The van der Waals surface area contributed by atoms with Crippen molar-refractivity contribution in [1.82, 2.24) is 10.3 Å². The number of carbonyl (C=O) groups is 1. The van der Waals surface area contributed by atoms with Gasteiger partial charge in [-0.15, -0.1) is 0 Å². The Kier molecular flexibility index (Phi) is 4.74. The molecule has 0 unspecified atom stereocenters. The van der Waals surface area contributed by atoms with Crippen LogP contribution >= 0.6 is 0 Å². The molecule has 0 bridgehead atoms. The van der Waals surface area contributed by atoms with Gasteiger partial charge in [0.2, 0.25) is 5.88 Å². The summed E-state index contributed by atoms with van der Waals surface area (Å²) in [6, 6.07) is 3.29. The van der Waals surface area contributed by atoms with Crippen LogP contribution in [0.4, 0.5) is 0 Å². The van der Waals surface area contributed by atoms with Gasteiger partial charge in [0.1, 0.15) is 6.10 Å². The second-order valence-corrected chi connectivity index (χ2v) is 4.97. The minimum atomic E-state index is -0.556. The maximum atomic E-state index is 11.8. The Balaban J connectivity index is 1.95. The number of nitrogens with zero attached hydrogens (tertiary/aromatic N) is 1. The van der Waals surface area contributed by atoms with Crippen LogP contribution in [0.3, 0.4) is 0 Å². The number of nitrogens with one attached hydrogen (secondary N) is 1. The van der Waals surface area contributed by atoms with E-state index in [9.17, 15) is 4.79 Å². The monoisotopic (exact) mass is 264 g/mol. The predicted molar refractivity (Wildman–Crippen MR) is 71.1 cm³/mol. The second kappa shape index (κ2) is 6.52. The van der Waals surface area contributed by atoms with Crippen molar-refractivity contribution in [3.05, 3.63) is 23.9 Å². The average molecular weight is 264 g/mol. The Hall–Kier alpha value is -1.62. The first-order valence-corrected chi connectivity index (χ1v) is 6.74. The molecular formula is C14H20N2O3. The van der Waals surface area contributed by atoms with E-state index < -0.39 is 6.10 Å². The van der Waals surface area contributed by atoms with Gasteiger partial charge in [-0.05, 0) is 38.7 Å². The van der Waals surface area contributed by atoms with E-state index in [1.807, 2.05) is 0 Å². The van der Waals surface area contributed by atoms with Crippen LogP contribution in [0.25, 0.3) is 0 Å². The van der Waals surface area contributed by atoms with E-state index in [1.54, 1.807) is 25.3 Å². The fourth-order valence-electron chi connectivity index (χ4n) is 2.13. The quantitative estimate of drug-likeness (QED) is 0.845. The molecule has 1 amide bonds. The number of ether oxygens (including phenoxy) is 1. The summed E-state index contributed by atoms with van der Waals surface area (Å²) >= 11 is 0. The number of rotatable bonds is 5. The lowest BCUT2D eigenvalue weighted by molar-refractivity contribution is 0.0923. The third-order valence-corrected chi connectivity index (χ3v) is 3.14. The van der Waals surface area contributed by atoms with Crippen molar-refractivity contribution in [2.75, 3.05) is 6.54 Å². The summed E-state index contributed by atoms with van der Waals surface area (Å²) in [5.74, 6) is 0.274. The van der Waals surface area contributed by atoms with Crippen molar-refractivity contribution in [2.24, 2.45) is 0 Å². The number of amides is 1. The minimum absolute atomic E-state index is 0.223. The van der Waals surface area contributed by atoms with Gasteiger partial charge in [0, 0.05) is 24.4 Å². The van der Waals surface area contributed by atoms with Crippen molar-refractivity contribution >= 4 is 5.91 Å². The zero-order valence-electron chi connectivity index (χ0n) is 11.1. The maximum Gasteiger partial charge on any atom is 0.251 e. The standard InChI is InChI=1S/C14H20N2O3/c1-10(17)9-16-14(18)11-6-7-15-13(8-11)19-12-4-2-3-5-12/h6-8,10,12,17H,2-5,9H2,1H3,(H,16,18)/t10-/m0/s1. The van der Waals surface area contributed by atoms with Crippen LogP contribution in [0, 0.1) is 0 Å². The highest BCUT2D eigenvalue weighted by atomic mass is 16.5. The number of aromatic nitrogens is 1. The van der Waals surface area contributed by atoms with Crippen LogP contribution < -0.4 is 10.1 Å². The van der Waals surface area contributed by atoms with E-state index >= 15 is 0 Å². The summed E-state index contributed by atoms with van der Waals surface area (Å²) in [4.78, 5) is 16.0. The highest BCUT2D eigenvalue weighted by Crippen LogP contribution is 2.23. The molecule has 2 rings (SSSR count). The van der Waals surface area contributed by atoms with Gasteiger partial charge in [-0.25, -0.2) is 4.98 Å². The van der Waals surface area contributed by atoms with Gasteiger partial charge in [0.05, 0.1) is 6.10 Å². The normalized spacial score (nSPS) is 17.2. The molecule has 19 heavy (non-hydrogen) atoms. The van der Waals surface area contributed by atoms with E-state index in [0.717, 1.165) is 12.8 Å². The molecular weight excluding hydrogens is 244 g/mol. The first-order valence-electron chi connectivity index (χ1n) is 6.74. The van der Waals surface area contributed by atoms with Crippen LogP contribution in [-0.4, -0.2) is 34.8 Å². The second-order valence-electron chi connectivity index (χ2n) is 4.97. The number of aliphatic hydroxyl groups is 1. The van der Waals surface area contributed by atoms with E-state index in [-0.39, 0.29) is 18.6 Å². The number of pyridine rings is 1. The van der Waals surface area contributed by atoms with Crippen molar-refractivity contribution in [3.63, 3.8) is 0 Å².